The highest BCUT2D eigenvalue weighted by Crippen LogP contribution is 2.34. The van der Waals surface area contributed by atoms with E-state index in [4.69, 9.17) is 23.2 Å². The summed E-state index contributed by atoms with van der Waals surface area (Å²) in [6, 6.07) is 1.71. The molecule has 76 valence electrons. The Morgan fingerprint density at radius 3 is 2.07 bits per heavy atom. The van der Waals surface area contributed by atoms with Crippen LogP contribution in [-0.2, 0) is 0 Å². The maximum atomic E-state index is 5.76. The van der Waals surface area contributed by atoms with Gasteiger partial charge in [-0.1, -0.05) is 23.8 Å². The quantitative estimate of drug-likeness (QED) is 0.647. The van der Waals surface area contributed by atoms with Gasteiger partial charge in [0.15, 0.2) is 0 Å². The highest BCUT2D eigenvalue weighted by molar-refractivity contribution is 6.32. The van der Waals surface area contributed by atoms with Crippen LogP contribution >= 0.6 is 23.2 Å². The summed E-state index contributed by atoms with van der Waals surface area (Å²) in [4.78, 5) is 7.27. The van der Waals surface area contributed by atoms with Gasteiger partial charge in [0.05, 0.1) is 0 Å². The Hall–Kier alpha value is -1.12. The third-order valence-corrected chi connectivity index (χ3v) is 2.59. The second kappa shape index (κ2) is 4.60. The number of hydrogen-bond donors (Lipinski definition) is 0. The van der Waals surface area contributed by atoms with E-state index in [9.17, 15) is 0 Å². The number of hydrogen-bond acceptors (Lipinski definition) is 2. The van der Waals surface area contributed by atoms with Gasteiger partial charge in [-0.15, -0.1) is 0 Å². The summed E-state index contributed by atoms with van der Waals surface area (Å²) in [5.74, 6) is 0. The molecule has 0 saturated carbocycles. The Labute approximate surface area is 98.0 Å². The summed E-state index contributed by atoms with van der Waals surface area (Å²) < 4.78 is 0. The Balaban J connectivity index is 0.000000115. The van der Waals surface area contributed by atoms with Gasteiger partial charge < -0.3 is 0 Å². The van der Waals surface area contributed by atoms with E-state index in [1.807, 2.05) is 6.08 Å². The molecule has 3 rings (SSSR count). The second-order valence-electron chi connectivity index (χ2n) is 3.12. The Kier molecular flexibility index (Phi) is 3.19. The molecular formula is C11H8Cl2N2. The maximum absolute atomic E-state index is 5.76. The van der Waals surface area contributed by atoms with Crippen molar-refractivity contribution in [3.8, 4) is 0 Å². The van der Waals surface area contributed by atoms with Crippen LogP contribution in [0.15, 0.2) is 52.9 Å². The number of nitrogens with zero attached hydrogens (tertiary/aromatic N) is 2. The van der Waals surface area contributed by atoms with Crippen molar-refractivity contribution in [3.05, 3.63) is 58.2 Å². The topological polar surface area (TPSA) is 25.8 Å². The number of rotatable bonds is 0. The molecule has 2 bridgehead atoms. The lowest BCUT2D eigenvalue weighted by molar-refractivity contribution is 1.17. The van der Waals surface area contributed by atoms with Gasteiger partial charge in [-0.05, 0) is 41.3 Å². The van der Waals surface area contributed by atoms with E-state index < -0.39 is 0 Å². The third-order valence-electron chi connectivity index (χ3n) is 2.05. The summed E-state index contributed by atoms with van der Waals surface area (Å²) >= 11 is 11.1. The molecule has 0 amide bonds. The average molecular weight is 239 g/mol. The molecule has 2 aliphatic carbocycles. The van der Waals surface area contributed by atoms with Crippen LogP contribution in [0, 0.1) is 0 Å². The molecule has 0 fully saturated rings. The predicted molar refractivity (Wildman–Crippen MR) is 61.8 cm³/mol. The fraction of sp³-hybridized carbons (Fsp3) is 0.0909. The van der Waals surface area contributed by atoms with Crippen LogP contribution in [0.5, 0.6) is 0 Å². The van der Waals surface area contributed by atoms with Crippen molar-refractivity contribution in [2.24, 2.45) is 0 Å². The summed E-state index contributed by atoms with van der Waals surface area (Å²) in [5, 5.41) is 1.23. The largest absolute Gasteiger partial charge is 0.227 e. The Bertz CT molecular complexity index is 447. The zero-order valence-corrected chi connectivity index (χ0v) is 9.33. The molecule has 0 atom stereocenters. The molecular weight excluding hydrogens is 231 g/mol. The van der Waals surface area contributed by atoms with Crippen molar-refractivity contribution < 1.29 is 0 Å². The van der Waals surface area contributed by atoms with Crippen molar-refractivity contribution in [3.63, 3.8) is 0 Å². The molecule has 0 N–H and O–H groups in total. The predicted octanol–water partition coefficient (Wildman–Crippen LogP) is 3.51. The molecule has 1 aromatic heterocycles. The fourth-order valence-corrected chi connectivity index (χ4v) is 1.73. The highest BCUT2D eigenvalue weighted by Gasteiger charge is 2.14. The molecule has 4 heteroatoms. The average Bonchev–Trinajstić information content (AvgIpc) is 2.81. The van der Waals surface area contributed by atoms with Crippen molar-refractivity contribution in [2.75, 3.05) is 0 Å². The molecule has 2 aliphatic rings. The number of fused-ring (bicyclic) bond motifs is 2. The van der Waals surface area contributed by atoms with Crippen LogP contribution in [-0.4, -0.2) is 9.97 Å². The summed E-state index contributed by atoms with van der Waals surface area (Å²) in [7, 11) is 0. The monoisotopic (exact) mass is 238 g/mol. The minimum atomic E-state index is 0.294. The van der Waals surface area contributed by atoms with Gasteiger partial charge >= 0.3 is 0 Å². The summed E-state index contributed by atoms with van der Waals surface area (Å²) in [5.41, 5.74) is 2.63. The van der Waals surface area contributed by atoms with Crippen LogP contribution in [0.2, 0.25) is 5.28 Å². The van der Waals surface area contributed by atoms with E-state index in [1.54, 1.807) is 18.5 Å². The normalized spacial score (nSPS) is 16.3. The summed E-state index contributed by atoms with van der Waals surface area (Å²) in [6.45, 7) is 0. The first-order valence-corrected chi connectivity index (χ1v) is 5.21. The molecule has 0 saturated heterocycles. The zero-order valence-electron chi connectivity index (χ0n) is 7.82. The summed E-state index contributed by atoms with van der Waals surface area (Å²) in [6.07, 6.45) is 10.5. The van der Waals surface area contributed by atoms with Gasteiger partial charge in [0.2, 0.25) is 5.28 Å². The third kappa shape index (κ3) is 2.67. The lowest BCUT2D eigenvalue weighted by atomic mass is 10.3. The number of halogens is 2. The molecule has 1 aromatic rings. The highest BCUT2D eigenvalue weighted by atomic mass is 35.5. The van der Waals surface area contributed by atoms with Gasteiger partial charge in [-0.2, -0.15) is 0 Å². The van der Waals surface area contributed by atoms with Gasteiger partial charge in [-0.25, -0.2) is 9.97 Å². The molecule has 0 aromatic carbocycles. The van der Waals surface area contributed by atoms with E-state index >= 15 is 0 Å². The van der Waals surface area contributed by atoms with Crippen LogP contribution < -0.4 is 0 Å². The molecule has 0 radical (unpaired) electrons. The standard InChI is InChI=1S/C7H5Cl.C4H3ClN2/c8-7-4-5-1-2-6(7)3-5;5-4-6-2-1-3-7-4/h1-2,4H,3H2;1-3H. The molecule has 0 aliphatic heterocycles. The van der Waals surface area contributed by atoms with E-state index in [1.165, 1.54) is 11.1 Å². The molecule has 15 heavy (non-hydrogen) atoms. The Morgan fingerprint density at radius 2 is 1.80 bits per heavy atom. The minimum Gasteiger partial charge on any atom is -0.227 e. The number of allylic oxidation sites excluding steroid dienone is 6. The Morgan fingerprint density at radius 1 is 1.07 bits per heavy atom. The molecule has 2 nitrogen and oxygen atoms in total. The molecule has 0 unspecified atom stereocenters. The van der Waals surface area contributed by atoms with Gasteiger partial charge in [0.25, 0.3) is 0 Å². The van der Waals surface area contributed by atoms with Gasteiger partial charge in [0.1, 0.15) is 0 Å². The first-order chi connectivity index (χ1) is 7.25. The van der Waals surface area contributed by atoms with E-state index in [2.05, 4.69) is 22.1 Å². The lowest BCUT2D eigenvalue weighted by Gasteiger charge is -1.86. The van der Waals surface area contributed by atoms with Crippen molar-refractivity contribution in [2.45, 2.75) is 6.42 Å². The van der Waals surface area contributed by atoms with Gasteiger partial charge in [-0.3, -0.25) is 0 Å². The van der Waals surface area contributed by atoms with E-state index in [0.717, 1.165) is 11.5 Å². The first-order valence-electron chi connectivity index (χ1n) is 4.45. The van der Waals surface area contributed by atoms with E-state index in [0.29, 0.717) is 5.28 Å². The molecule has 0 spiro atoms. The van der Waals surface area contributed by atoms with Crippen molar-refractivity contribution in [1.82, 2.24) is 9.97 Å². The lowest BCUT2D eigenvalue weighted by Crippen LogP contribution is -1.73. The van der Waals surface area contributed by atoms with Gasteiger partial charge in [0, 0.05) is 17.4 Å². The molecule has 1 heterocycles. The second-order valence-corrected chi connectivity index (χ2v) is 3.87. The van der Waals surface area contributed by atoms with Crippen molar-refractivity contribution in [1.29, 1.82) is 0 Å². The fourth-order valence-electron chi connectivity index (χ4n) is 1.34. The van der Waals surface area contributed by atoms with Crippen LogP contribution in [0.3, 0.4) is 0 Å². The van der Waals surface area contributed by atoms with Crippen LogP contribution in [0.4, 0.5) is 0 Å². The van der Waals surface area contributed by atoms with Crippen LogP contribution in [0.1, 0.15) is 6.42 Å². The zero-order chi connectivity index (χ0) is 10.7. The SMILES string of the molecule is ClC1=C2C=CC(=C1)C2.Clc1ncccn1. The van der Waals surface area contributed by atoms with Crippen molar-refractivity contribution >= 4 is 23.2 Å². The first kappa shape index (κ1) is 10.4. The van der Waals surface area contributed by atoms with E-state index in [-0.39, 0.29) is 0 Å². The smallest absolute Gasteiger partial charge is 0.222 e. The van der Waals surface area contributed by atoms with Crippen LogP contribution in [0.25, 0.3) is 0 Å². The minimum absolute atomic E-state index is 0.294. The number of aromatic nitrogens is 2. The maximum Gasteiger partial charge on any atom is 0.222 e.